The number of fused-ring (bicyclic) bond motifs is 4. The predicted molar refractivity (Wildman–Crippen MR) is 136 cm³/mol. The number of rotatable bonds is 7. The van der Waals surface area contributed by atoms with Crippen LogP contribution in [0.5, 0.6) is 0 Å². The molecule has 1 amide bonds. The first-order valence-electron chi connectivity index (χ1n) is 11.5. The van der Waals surface area contributed by atoms with Crippen LogP contribution < -0.4 is 10.9 Å². The highest BCUT2D eigenvalue weighted by molar-refractivity contribution is 7.99. The van der Waals surface area contributed by atoms with Crippen LogP contribution in [0.3, 0.4) is 0 Å². The number of carbonyl (C=O) groups is 1. The number of hydrogen-bond acceptors (Lipinski definition) is 5. The van der Waals surface area contributed by atoms with Gasteiger partial charge in [-0.05, 0) is 55.7 Å². The number of nitrogens with one attached hydrogen (secondary N) is 2. The van der Waals surface area contributed by atoms with Gasteiger partial charge in [-0.25, -0.2) is 4.98 Å². The first-order valence-corrected chi connectivity index (χ1v) is 13.3. The van der Waals surface area contributed by atoms with Gasteiger partial charge in [-0.1, -0.05) is 36.9 Å². The smallest absolute Gasteiger partial charge is 0.263 e. The largest absolute Gasteiger partial charge is 0.361 e. The molecular weight excluding hydrogens is 452 g/mol. The van der Waals surface area contributed by atoms with Crippen molar-refractivity contribution in [2.24, 2.45) is 5.92 Å². The molecule has 3 aromatic heterocycles. The van der Waals surface area contributed by atoms with Crippen molar-refractivity contribution in [3.05, 3.63) is 56.8 Å². The topological polar surface area (TPSA) is 79.8 Å². The van der Waals surface area contributed by atoms with Crippen molar-refractivity contribution >= 4 is 50.1 Å². The van der Waals surface area contributed by atoms with Crippen LogP contribution in [0.2, 0.25) is 0 Å². The van der Waals surface area contributed by atoms with Gasteiger partial charge in [-0.3, -0.25) is 14.2 Å². The quantitative estimate of drug-likeness (QED) is 0.301. The Bertz CT molecular complexity index is 1380. The Hall–Kier alpha value is -2.58. The third-order valence-corrected chi connectivity index (χ3v) is 8.54. The molecule has 8 heteroatoms. The summed E-state index contributed by atoms with van der Waals surface area (Å²) in [5.74, 6) is 0.852. The van der Waals surface area contributed by atoms with Gasteiger partial charge < -0.3 is 10.3 Å². The summed E-state index contributed by atoms with van der Waals surface area (Å²) in [5, 5.41) is 5.63. The molecule has 33 heavy (non-hydrogen) atoms. The van der Waals surface area contributed by atoms with E-state index in [9.17, 15) is 9.59 Å². The molecule has 1 aliphatic rings. The molecule has 4 aromatic rings. The lowest BCUT2D eigenvalue weighted by atomic mass is 9.89. The zero-order chi connectivity index (χ0) is 22.9. The molecule has 1 aromatic carbocycles. The van der Waals surface area contributed by atoms with Crippen LogP contribution in [-0.4, -0.2) is 32.7 Å². The van der Waals surface area contributed by atoms with Crippen molar-refractivity contribution < 1.29 is 4.79 Å². The first-order chi connectivity index (χ1) is 16.0. The highest BCUT2D eigenvalue weighted by atomic mass is 32.2. The third kappa shape index (κ3) is 4.34. The van der Waals surface area contributed by atoms with E-state index < -0.39 is 0 Å². The van der Waals surface area contributed by atoms with Crippen molar-refractivity contribution in [2.45, 2.75) is 51.2 Å². The summed E-state index contributed by atoms with van der Waals surface area (Å²) >= 11 is 3.00. The Morgan fingerprint density at radius 1 is 1.36 bits per heavy atom. The summed E-state index contributed by atoms with van der Waals surface area (Å²) in [5.41, 5.74) is 3.55. The fourth-order valence-electron chi connectivity index (χ4n) is 4.65. The maximum atomic E-state index is 13.3. The number of H-pyrrole nitrogens is 1. The second-order valence-electron chi connectivity index (χ2n) is 8.72. The second kappa shape index (κ2) is 9.35. The molecule has 1 atom stereocenters. The predicted octanol–water partition coefficient (Wildman–Crippen LogP) is 4.54. The van der Waals surface area contributed by atoms with Gasteiger partial charge in [0.1, 0.15) is 4.83 Å². The minimum Gasteiger partial charge on any atom is -0.361 e. The molecule has 0 saturated carbocycles. The van der Waals surface area contributed by atoms with E-state index >= 15 is 0 Å². The highest BCUT2D eigenvalue weighted by Gasteiger charge is 2.24. The van der Waals surface area contributed by atoms with E-state index in [1.165, 1.54) is 33.2 Å². The Kier molecular flexibility index (Phi) is 6.29. The number of para-hydroxylation sites is 1. The zero-order valence-corrected chi connectivity index (χ0v) is 20.6. The average Bonchev–Trinajstić information content (AvgIpc) is 3.38. The standard InChI is InChI=1S/C25H28N4O2S2/c1-3-29-24(31)22-18-9-8-15(2)12-20(18)33-23(22)28-25(29)32-14-21(30)26-11-10-16-13-27-19-7-5-4-6-17(16)19/h4-7,13,15,27H,3,8-12,14H2,1-2H3,(H,26,30). The van der Waals surface area contributed by atoms with Gasteiger partial charge in [0, 0.05) is 35.1 Å². The van der Waals surface area contributed by atoms with Crippen LogP contribution in [-0.2, 0) is 30.6 Å². The van der Waals surface area contributed by atoms with Gasteiger partial charge in [0.25, 0.3) is 5.56 Å². The summed E-state index contributed by atoms with van der Waals surface area (Å²) in [6, 6.07) is 8.18. The van der Waals surface area contributed by atoms with E-state index in [0.29, 0.717) is 24.2 Å². The lowest BCUT2D eigenvalue weighted by Crippen LogP contribution is -2.28. The lowest BCUT2D eigenvalue weighted by molar-refractivity contribution is -0.118. The molecule has 172 valence electrons. The summed E-state index contributed by atoms with van der Waals surface area (Å²) < 4.78 is 1.72. The van der Waals surface area contributed by atoms with Crippen LogP contribution in [0.25, 0.3) is 21.1 Å². The van der Waals surface area contributed by atoms with E-state index in [2.05, 4.69) is 29.4 Å². The van der Waals surface area contributed by atoms with Gasteiger partial charge in [0.2, 0.25) is 5.91 Å². The monoisotopic (exact) mass is 480 g/mol. The lowest BCUT2D eigenvalue weighted by Gasteiger charge is -2.17. The molecule has 0 aliphatic heterocycles. The van der Waals surface area contributed by atoms with Crippen molar-refractivity contribution in [2.75, 3.05) is 12.3 Å². The number of carbonyl (C=O) groups excluding carboxylic acids is 1. The fraction of sp³-hybridized carbons (Fsp3) is 0.400. The molecule has 0 fully saturated rings. The van der Waals surface area contributed by atoms with Crippen LogP contribution >= 0.6 is 23.1 Å². The van der Waals surface area contributed by atoms with Gasteiger partial charge in [-0.15, -0.1) is 11.3 Å². The van der Waals surface area contributed by atoms with Gasteiger partial charge in [-0.2, -0.15) is 0 Å². The minimum absolute atomic E-state index is 0.0387. The molecule has 0 saturated heterocycles. The summed E-state index contributed by atoms with van der Waals surface area (Å²) in [6.45, 7) is 5.35. The van der Waals surface area contributed by atoms with Gasteiger partial charge >= 0.3 is 0 Å². The van der Waals surface area contributed by atoms with Crippen molar-refractivity contribution in [1.82, 2.24) is 19.9 Å². The number of aromatic nitrogens is 3. The van der Waals surface area contributed by atoms with Crippen LogP contribution in [0, 0.1) is 5.92 Å². The molecule has 1 unspecified atom stereocenters. The Balaban J connectivity index is 1.26. The van der Waals surface area contributed by atoms with Crippen molar-refractivity contribution in [3.8, 4) is 0 Å². The number of thioether (sulfide) groups is 1. The number of amides is 1. The summed E-state index contributed by atoms with van der Waals surface area (Å²) in [6.07, 6.45) is 5.89. The van der Waals surface area contributed by atoms with Gasteiger partial charge in [0.15, 0.2) is 5.16 Å². The molecule has 0 bridgehead atoms. The number of hydrogen-bond donors (Lipinski definition) is 2. The first kappa shape index (κ1) is 22.2. The number of thiophene rings is 1. The van der Waals surface area contributed by atoms with Crippen LogP contribution in [0.15, 0.2) is 40.4 Å². The van der Waals surface area contributed by atoms with E-state index in [4.69, 9.17) is 4.98 Å². The van der Waals surface area contributed by atoms with E-state index in [1.807, 2.05) is 25.3 Å². The second-order valence-corrected chi connectivity index (χ2v) is 10.7. The van der Waals surface area contributed by atoms with E-state index in [-0.39, 0.29) is 17.2 Å². The number of aromatic amines is 1. The molecule has 6 nitrogen and oxygen atoms in total. The Morgan fingerprint density at radius 2 is 2.21 bits per heavy atom. The zero-order valence-electron chi connectivity index (χ0n) is 18.9. The number of nitrogens with zero attached hydrogens (tertiary/aromatic N) is 2. The molecular formula is C25H28N4O2S2. The van der Waals surface area contributed by atoms with E-state index in [1.54, 1.807) is 15.9 Å². The minimum atomic E-state index is -0.0452. The summed E-state index contributed by atoms with van der Waals surface area (Å²) in [7, 11) is 0. The average molecular weight is 481 g/mol. The molecule has 5 rings (SSSR count). The SMILES string of the molecule is CCn1c(SCC(=O)NCCc2c[nH]c3ccccc23)nc2sc3c(c2c1=O)CCC(C)C3. The van der Waals surface area contributed by atoms with Gasteiger partial charge in [0.05, 0.1) is 11.1 Å². The highest BCUT2D eigenvalue weighted by Crippen LogP contribution is 2.36. The Labute approximate surface area is 200 Å². The maximum absolute atomic E-state index is 13.3. The molecule has 1 aliphatic carbocycles. The fourth-order valence-corrected chi connectivity index (χ4v) is 6.97. The third-order valence-electron chi connectivity index (χ3n) is 6.42. The molecule has 2 N–H and O–H groups in total. The Morgan fingerprint density at radius 3 is 3.06 bits per heavy atom. The van der Waals surface area contributed by atoms with Crippen molar-refractivity contribution in [1.29, 1.82) is 0 Å². The molecule has 3 heterocycles. The molecule has 0 spiro atoms. The normalized spacial score (nSPS) is 15.8. The number of aryl methyl sites for hydroxylation is 1. The van der Waals surface area contributed by atoms with Crippen LogP contribution in [0.1, 0.15) is 36.3 Å². The summed E-state index contributed by atoms with van der Waals surface area (Å²) in [4.78, 5) is 36.0. The van der Waals surface area contributed by atoms with Crippen molar-refractivity contribution in [3.63, 3.8) is 0 Å². The molecule has 0 radical (unpaired) electrons. The number of benzene rings is 1. The van der Waals surface area contributed by atoms with Crippen LogP contribution in [0.4, 0.5) is 0 Å². The van der Waals surface area contributed by atoms with E-state index in [0.717, 1.165) is 41.4 Å². The maximum Gasteiger partial charge on any atom is 0.263 e.